The molecule has 1 N–H and O–H groups in total. The lowest BCUT2D eigenvalue weighted by molar-refractivity contribution is 0.00355. The predicted molar refractivity (Wildman–Crippen MR) is 72.0 cm³/mol. The molecule has 18 heavy (non-hydrogen) atoms. The molecule has 0 saturated carbocycles. The molecule has 0 bridgehead atoms. The Morgan fingerprint density at radius 2 is 2.44 bits per heavy atom. The lowest BCUT2D eigenvalue weighted by atomic mass is 10.1. The second kappa shape index (κ2) is 6.10. The molecule has 0 spiro atoms. The van der Waals surface area contributed by atoms with Crippen molar-refractivity contribution in [3.63, 3.8) is 0 Å². The van der Waals surface area contributed by atoms with E-state index in [0.29, 0.717) is 18.7 Å². The number of hydrogen-bond acceptors (Lipinski definition) is 5. The molecule has 1 unspecified atom stereocenters. The zero-order chi connectivity index (χ0) is 13.0. The van der Waals surface area contributed by atoms with E-state index >= 15 is 0 Å². The van der Waals surface area contributed by atoms with Crippen LogP contribution in [-0.2, 0) is 4.74 Å². The number of ether oxygens (including phenoxy) is 1. The molecule has 4 nitrogen and oxygen atoms in total. The van der Waals surface area contributed by atoms with E-state index in [2.05, 4.69) is 11.0 Å². The fraction of sp³-hybridized carbons (Fsp3) is 0.462. The van der Waals surface area contributed by atoms with Crippen molar-refractivity contribution < 1.29 is 9.84 Å². The first-order valence-electron chi connectivity index (χ1n) is 5.84. The van der Waals surface area contributed by atoms with Gasteiger partial charge in [-0.3, -0.25) is 0 Å². The van der Waals surface area contributed by atoms with Crippen LogP contribution in [0.1, 0.15) is 5.56 Å². The molecule has 1 fully saturated rings. The summed E-state index contributed by atoms with van der Waals surface area (Å²) in [6, 6.07) is 8.15. The van der Waals surface area contributed by atoms with E-state index in [0.717, 1.165) is 17.1 Å². The number of nitrogens with zero attached hydrogens (tertiary/aromatic N) is 2. The minimum absolute atomic E-state index is 0.0145. The first-order chi connectivity index (χ1) is 8.80. The highest BCUT2D eigenvalue weighted by Gasteiger charge is 2.22. The SMILES string of the molecule is CSc1cccc(N2CCOC(CO)C2)c1C#N. The van der Waals surface area contributed by atoms with Crippen molar-refractivity contribution in [1.82, 2.24) is 0 Å². The lowest BCUT2D eigenvalue weighted by Gasteiger charge is -2.34. The average Bonchev–Trinajstić information content (AvgIpc) is 2.46. The number of morpholine rings is 1. The monoisotopic (exact) mass is 264 g/mol. The summed E-state index contributed by atoms with van der Waals surface area (Å²) in [4.78, 5) is 3.10. The van der Waals surface area contributed by atoms with Crippen molar-refractivity contribution >= 4 is 17.4 Å². The van der Waals surface area contributed by atoms with Crippen LogP contribution in [0.15, 0.2) is 23.1 Å². The minimum Gasteiger partial charge on any atom is -0.394 e. The van der Waals surface area contributed by atoms with Crippen LogP contribution in [0.4, 0.5) is 5.69 Å². The maximum atomic E-state index is 9.31. The van der Waals surface area contributed by atoms with Crippen LogP contribution in [0.25, 0.3) is 0 Å². The normalized spacial score (nSPS) is 19.6. The Hall–Kier alpha value is -1.22. The molecule has 0 amide bonds. The van der Waals surface area contributed by atoms with Gasteiger partial charge >= 0.3 is 0 Å². The Bertz CT molecular complexity index is 459. The van der Waals surface area contributed by atoms with Crippen LogP contribution < -0.4 is 4.90 Å². The Morgan fingerprint density at radius 1 is 1.61 bits per heavy atom. The number of hydrogen-bond donors (Lipinski definition) is 1. The highest BCUT2D eigenvalue weighted by Crippen LogP contribution is 2.29. The zero-order valence-corrected chi connectivity index (χ0v) is 11.1. The minimum atomic E-state index is -0.164. The Kier molecular flexibility index (Phi) is 4.48. The molecule has 0 aliphatic carbocycles. The van der Waals surface area contributed by atoms with E-state index in [9.17, 15) is 5.26 Å². The molecule has 2 rings (SSSR count). The van der Waals surface area contributed by atoms with E-state index in [1.54, 1.807) is 11.8 Å². The fourth-order valence-corrected chi connectivity index (χ4v) is 2.68. The van der Waals surface area contributed by atoms with Gasteiger partial charge in [0.15, 0.2) is 0 Å². The third kappa shape index (κ3) is 2.61. The number of rotatable bonds is 3. The van der Waals surface area contributed by atoms with Crippen LogP contribution in [0, 0.1) is 11.3 Å². The molecule has 0 radical (unpaired) electrons. The number of anilines is 1. The van der Waals surface area contributed by atoms with E-state index in [-0.39, 0.29) is 12.7 Å². The van der Waals surface area contributed by atoms with Crippen molar-refractivity contribution in [1.29, 1.82) is 5.26 Å². The van der Waals surface area contributed by atoms with Crippen molar-refractivity contribution in [3.05, 3.63) is 23.8 Å². The van der Waals surface area contributed by atoms with Gasteiger partial charge in [-0.15, -0.1) is 11.8 Å². The summed E-state index contributed by atoms with van der Waals surface area (Å²) in [5.41, 5.74) is 1.65. The van der Waals surface area contributed by atoms with Crippen LogP contribution in [0.5, 0.6) is 0 Å². The number of aliphatic hydroxyl groups is 1. The van der Waals surface area contributed by atoms with Crippen molar-refractivity contribution in [2.75, 3.05) is 37.5 Å². The highest BCUT2D eigenvalue weighted by molar-refractivity contribution is 7.98. The van der Waals surface area contributed by atoms with Gasteiger partial charge in [-0.25, -0.2) is 0 Å². The largest absolute Gasteiger partial charge is 0.394 e. The van der Waals surface area contributed by atoms with Gasteiger partial charge < -0.3 is 14.7 Å². The third-order valence-corrected chi connectivity index (χ3v) is 3.80. The quantitative estimate of drug-likeness (QED) is 0.838. The van der Waals surface area contributed by atoms with Gasteiger partial charge in [0.2, 0.25) is 0 Å². The Labute approximate surface area is 111 Å². The molecule has 1 heterocycles. The third-order valence-electron chi connectivity index (χ3n) is 3.02. The molecule has 1 saturated heterocycles. The maximum Gasteiger partial charge on any atom is 0.103 e. The maximum absolute atomic E-state index is 9.31. The molecular formula is C13H16N2O2S. The molecule has 96 valence electrons. The molecular weight excluding hydrogens is 248 g/mol. The van der Waals surface area contributed by atoms with Crippen molar-refractivity contribution in [2.45, 2.75) is 11.0 Å². The standard InChI is InChI=1S/C13H16N2O2S/c1-18-13-4-2-3-12(11(13)7-14)15-5-6-17-10(8-15)9-16/h2-4,10,16H,5-6,8-9H2,1H3. The number of aliphatic hydroxyl groups excluding tert-OH is 1. The summed E-state index contributed by atoms with van der Waals surface area (Å²) in [5, 5.41) is 18.5. The average molecular weight is 264 g/mol. The predicted octanol–water partition coefficient (Wildman–Crippen LogP) is 1.48. The van der Waals surface area contributed by atoms with E-state index in [4.69, 9.17) is 9.84 Å². The van der Waals surface area contributed by atoms with Crippen molar-refractivity contribution in [3.8, 4) is 6.07 Å². The van der Waals surface area contributed by atoms with Crippen LogP contribution in [-0.4, -0.2) is 43.8 Å². The Morgan fingerprint density at radius 3 is 3.11 bits per heavy atom. The highest BCUT2D eigenvalue weighted by atomic mass is 32.2. The Balaban J connectivity index is 2.30. The number of benzene rings is 1. The summed E-state index contributed by atoms with van der Waals surface area (Å²) < 4.78 is 5.43. The van der Waals surface area contributed by atoms with E-state index < -0.39 is 0 Å². The molecule has 1 aromatic carbocycles. The van der Waals surface area contributed by atoms with Gasteiger partial charge in [0, 0.05) is 18.0 Å². The fourth-order valence-electron chi connectivity index (χ4n) is 2.11. The second-order valence-electron chi connectivity index (χ2n) is 4.09. The molecule has 5 heteroatoms. The van der Waals surface area contributed by atoms with Gasteiger partial charge in [0.1, 0.15) is 6.07 Å². The molecule has 0 aromatic heterocycles. The second-order valence-corrected chi connectivity index (χ2v) is 4.94. The van der Waals surface area contributed by atoms with Crippen molar-refractivity contribution in [2.24, 2.45) is 0 Å². The first-order valence-corrected chi connectivity index (χ1v) is 7.07. The van der Waals surface area contributed by atoms with Gasteiger partial charge in [0.25, 0.3) is 0 Å². The topological polar surface area (TPSA) is 56.5 Å². The summed E-state index contributed by atoms with van der Waals surface area (Å²) >= 11 is 1.57. The van der Waals surface area contributed by atoms with E-state index in [1.807, 2.05) is 24.5 Å². The smallest absolute Gasteiger partial charge is 0.103 e. The van der Waals surface area contributed by atoms with E-state index in [1.165, 1.54) is 0 Å². The first kappa shape index (κ1) is 13.2. The summed E-state index contributed by atoms with van der Waals surface area (Å²) in [6.07, 6.45) is 1.80. The molecule has 1 aliphatic rings. The van der Waals surface area contributed by atoms with Crippen LogP contribution >= 0.6 is 11.8 Å². The summed E-state index contributed by atoms with van der Waals surface area (Å²) in [5.74, 6) is 0. The molecule has 1 aliphatic heterocycles. The molecule has 1 aromatic rings. The van der Waals surface area contributed by atoms with Crippen LogP contribution in [0.3, 0.4) is 0 Å². The number of nitriles is 1. The van der Waals surface area contributed by atoms with Gasteiger partial charge in [-0.2, -0.15) is 5.26 Å². The lowest BCUT2D eigenvalue weighted by Crippen LogP contribution is -2.44. The number of thioether (sulfide) groups is 1. The van der Waals surface area contributed by atoms with Gasteiger partial charge in [0.05, 0.1) is 30.6 Å². The summed E-state index contributed by atoms with van der Waals surface area (Å²) in [7, 11) is 0. The molecule has 1 atom stereocenters. The van der Waals surface area contributed by atoms with Gasteiger partial charge in [-0.05, 0) is 18.4 Å². The van der Waals surface area contributed by atoms with Crippen LogP contribution in [0.2, 0.25) is 0 Å². The summed E-state index contributed by atoms with van der Waals surface area (Å²) in [6.45, 7) is 1.98. The van der Waals surface area contributed by atoms with Gasteiger partial charge in [-0.1, -0.05) is 6.07 Å². The zero-order valence-electron chi connectivity index (χ0n) is 10.3.